The quantitative estimate of drug-likeness (QED) is 0.685. The maximum absolute atomic E-state index is 12.9. The Bertz CT molecular complexity index is 757. The van der Waals surface area contributed by atoms with Gasteiger partial charge in [0.25, 0.3) is 5.91 Å². The highest BCUT2D eigenvalue weighted by molar-refractivity contribution is 5.98. The smallest absolute Gasteiger partial charge is 0.270 e. The molecule has 1 aliphatic rings. The summed E-state index contributed by atoms with van der Waals surface area (Å²) in [5.74, 6) is 0.430. The van der Waals surface area contributed by atoms with Gasteiger partial charge in [-0.25, -0.2) is 0 Å². The largest absolute Gasteiger partial charge is 0.351 e. The van der Waals surface area contributed by atoms with Gasteiger partial charge in [-0.2, -0.15) is 0 Å². The van der Waals surface area contributed by atoms with E-state index in [0.717, 1.165) is 30.2 Å². The van der Waals surface area contributed by atoms with Crippen LogP contribution in [-0.2, 0) is 4.79 Å². The lowest BCUT2D eigenvalue weighted by Crippen LogP contribution is -2.52. The predicted octanol–water partition coefficient (Wildman–Crippen LogP) is 4.45. The second-order valence-corrected chi connectivity index (χ2v) is 7.84. The number of rotatable bonds is 8. The van der Waals surface area contributed by atoms with Crippen LogP contribution in [0.25, 0.3) is 10.9 Å². The maximum atomic E-state index is 12.9. The van der Waals surface area contributed by atoms with Gasteiger partial charge in [-0.15, -0.1) is 0 Å². The Morgan fingerprint density at radius 1 is 1.00 bits per heavy atom. The molecule has 28 heavy (non-hydrogen) atoms. The SMILES string of the molecule is CCCCCCC(CC)C(=O)N1CCN(C(=O)c2cc3ccccc3[nH]2)CC1. The van der Waals surface area contributed by atoms with E-state index in [0.29, 0.717) is 31.9 Å². The van der Waals surface area contributed by atoms with Crippen molar-refractivity contribution in [1.29, 1.82) is 0 Å². The summed E-state index contributed by atoms with van der Waals surface area (Å²) >= 11 is 0. The number of aromatic nitrogens is 1. The standard InChI is InChI=1S/C23H33N3O2/c1-3-5-6-7-10-18(4-2)22(27)25-13-15-26(16-14-25)23(28)21-17-19-11-8-9-12-20(19)24-21/h8-9,11-12,17-18,24H,3-7,10,13-16H2,1-2H3. The molecule has 0 spiro atoms. The molecule has 1 aliphatic heterocycles. The van der Waals surface area contributed by atoms with Gasteiger partial charge in [0.2, 0.25) is 5.91 Å². The minimum absolute atomic E-state index is 0.0231. The molecule has 152 valence electrons. The Morgan fingerprint density at radius 2 is 1.71 bits per heavy atom. The van der Waals surface area contributed by atoms with Crippen LogP contribution in [0.3, 0.4) is 0 Å². The minimum atomic E-state index is 0.0231. The van der Waals surface area contributed by atoms with Gasteiger partial charge in [-0.05, 0) is 25.0 Å². The molecule has 0 saturated carbocycles. The van der Waals surface area contributed by atoms with Crippen molar-refractivity contribution in [3.63, 3.8) is 0 Å². The fourth-order valence-electron chi connectivity index (χ4n) is 4.07. The third-order valence-corrected chi connectivity index (χ3v) is 5.89. The summed E-state index contributed by atoms with van der Waals surface area (Å²) in [6.45, 7) is 6.79. The highest BCUT2D eigenvalue weighted by Crippen LogP contribution is 2.20. The monoisotopic (exact) mass is 383 g/mol. The van der Waals surface area contributed by atoms with Gasteiger partial charge in [0.1, 0.15) is 5.69 Å². The first-order valence-corrected chi connectivity index (χ1v) is 10.8. The van der Waals surface area contributed by atoms with Crippen LogP contribution in [0.1, 0.15) is 62.9 Å². The number of benzene rings is 1. The summed E-state index contributed by atoms with van der Waals surface area (Å²) in [7, 11) is 0. The Labute approximate surface area is 168 Å². The number of amides is 2. The highest BCUT2D eigenvalue weighted by Gasteiger charge is 2.28. The number of carbonyl (C=O) groups is 2. The van der Waals surface area contributed by atoms with Crippen molar-refractivity contribution in [3.05, 3.63) is 36.0 Å². The summed E-state index contributed by atoms with van der Waals surface area (Å²) in [5, 5.41) is 1.05. The van der Waals surface area contributed by atoms with E-state index in [1.165, 1.54) is 19.3 Å². The molecule has 5 heteroatoms. The average molecular weight is 384 g/mol. The third kappa shape index (κ3) is 4.75. The molecule has 0 radical (unpaired) electrons. The van der Waals surface area contributed by atoms with E-state index < -0.39 is 0 Å². The van der Waals surface area contributed by atoms with Crippen LogP contribution in [0.4, 0.5) is 0 Å². The molecule has 1 aromatic heterocycles. The number of hydrogen-bond acceptors (Lipinski definition) is 2. The van der Waals surface area contributed by atoms with Crippen molar-refractivity contribution < 1.29 is 9.59 Å². The first-order valence-electron chi connectivity index (χ1n) is 10.8. The van der Waals surface area contributed by atoms with Gasteiger partial charge in [-0.3, -0.25) is 9.59 Å². The van der Waals surface area contributed by atoms with Crippen LogP contribution in [-0.4, -0.2) is 52.8 Å². The molecule has 0 aliphatic carbocycles. The van der Waals surface area contributed by atoms with E-state index in [2.05, 4.69) is 18.8 Å². The number of nitrogens with zero attached hydrogens (tertiary/aromatic N) is 2. The van der Waals surface area contributed by atoms with Crippen LogP contribution in [0.15, 0.2) is 30.3 Å². The molecule has 2 aromatic rings. The number of unbranched alkanes of at least 4 members (excludes halogenated alkanes) is 3. The molecule has 1 N–H and O–H groups in total. The number of carbonyl (C=O) groups excluding carboxylic acids is 2. The van der Waals surface area contributed by atoms with Crippen molar-refractivity contribution in [1.82, 2.24) is 14.8 Å². The average Bonchev–Trinajstić information content (AvgIpc) is 3.17. The number of piperazine rings is 1. The lowest BCUT2D eigenvalue weighted by Gasteiger charge is -2.36. The number of H-pyrrole nitrogens is 1. The van der Waals surface area contributed by atoms with Crippen LogP contribution in [0, 0.1) is 5.92 Å². The normalized spacial score (nSPS) is 15.8. The fraction of sp³-hybridized carbons (Fsp3) is 0.565. The number of nitrogens with one attached hydrogen (secondary N) is 1. The fourth-order valence-corrected chi connectivity index (χ4v) is 4.07. The summed E-state index contributed by atoms with van der Waals surface area (Å²) in [4.78, 5) is 32.7. The molecule has 1 unspecified atom stereocenters. The number of para-hydroxylation sites is 1. The zero-order valence-corrected chi connectivity index (χ0v) is 17.2. The lowest BCUT2D eigenvalue weighted by atomic mass is 9.96. The van der Waals surface area contributed by atoms with E-state index in [9.17, 15) is 9.59 Å². The van der Waals surface area contributed by atoms with Crippen LogP contribution >= 0.6 is 0 Å². The lowest BCUT2D eigenvalue weighted by molar-refractivity contribution is -0.137. The Hall–Kier alpha value is -2.30. The first-order chi connectivity index (χ1) is 13.6. The molecule has 2 heterocycles. The van der Waals surface area contributed by atoms with Crippen LogP contribution < -0.4 is 0 Å². The first kappa shape index (κ1) is 20.4. The molecule has 1 saturated heterocycles. The number of aromatic amines is 1. The van der Waals surface area contributed by atoms with Gasteiger partial charge in [0.05, 0.1) is 0 Å². The summed E-state index contributed by atoms with van der Waals surface area (Å²) in [5.41, 5.74) is 1.61. The van der Waals surface area contributed by atoms with Crippen LogP contribution in [0.2, 0.25) is 0 Å². The molecular formula is C23H33N3O2. The molecule has 1 fully saturated rings. The molecule has 1 atom stereocenters. The molecule has 2 amide bonds. The summed E-state index contributed by atoms with van der Waals surface area (Å²) in [6.07, 6.45) is 6.71. The number of fused-ring (bicyclic) bond motifs is 1. The third-order valence-electron chi connectivity index (χ3n) is 5.89. The van der Waals surface area contributed by atoms with Crippen molar-refractivity contribution in [2.24, 2.45) is 5.92 Å². The second kappa shape index (κ2) is 9.76. The van der Waals surface area contributed by atoms with Gasteiger partial charge < -0.3 is 14.8 Å². The molecule has 5 nitrogen and oxygen atoms in total. The topological polar surface area (TPSA) is 56.4 Å². The van der Waals surface area contributed by atoms with E-state index >= 15 is 0 Å². The maximum Gasteiger partial charge on any atom is 0.270 e. The van der Waals surface area contributed by atoms with Crippen molar-refractivity contribution in [3.8, 4) is 0 Å². The van der Waals surface area contributed by atoms with Crippen molar-refractivity contribution in [2.45, 2.75) is 52.4 Å². The van der Waals surface area contributed by atoms with Gasteiger partial charge >= 0.3 is 0 Å². The van der Waals surface area contributed by atoms with Crippen molar-refractivity contribution >= 4 is 22.7 Å². The summed E-state index contributed by atoms with van der Waals surface area (Å²) in [6, 6.07) is 9.84. The zero-order chi connectivity index (χ0) is 19.9. The molecule has 1 aromatic carbocycles. The van der Waals surface area contributed by atoms with Gasteiger partial charge in [0.15, 0.2) is 0 Å². The van der Waals surface area contributed by atoms with E-state index in [1.807, 2.05) is 40.1 Å². The molecular weight excluding hydrogens is 350 g/mol. The molecule has 3 rings (SSSR count). The zero-order valence-electron chi connectivity index (χ0n) is 17.2. The summed E-state index contributed by atoms with van der Waals surface area (Å²) < 4.78 is 0. The Balaban J connectivity index is 1.52. The number of hydrogen-bond donors (Lipinski definition) is 1. The van der Waals surface area contributed by atoms with Crippen LogP contribution in [0.5, 0.6) is 0 Å². The predicted molar refractivity (Wildman–Crippen MR) is 113 cm³/mol. The van der Waals surface area contributed by atoms with Gasteiger partial charge in [-0.1, -0.05) is 57.7 Å². The molecule has 0 bridgehead atoms. The van der Waals surface area contributed by atoms with Gasteiger partial charge in [0, 0.05) is 43.0 Å². The second-order valence-electron chi connectivity index (χ2n) is 7.84. The highest BCUT2D eigenvalue weighted by atomic mass is 16.2. The minimum Gasteiger partial charge on any atom is -0.351 e. The van der Waals surface area contributed by atoms with E-state index in [4.69, 9.17) is 0 Å². The Kier molecular flexibility index (Phi) is 7.12. The van der Waals surface area contributed by atoms with E-state index in [1.54, 1.807) is 0 Å². The van der Waals surface area contributed by atoms with Crippen molar-refractivity contribution in [2.75, 3.05) is 26.2 Å². The van der Waals surface area contributed by atoms with E-state index in [-0.39, 0.29) is 17.7 Å². The Morgan fingerprint density at radius 3 is 2.39 bits per heavy atom.